The van der Waals surface area contributed by atoms with Gasteiger partial charge in [0.25, 0.3) is 0 Å². The Hall–Kier alpha value is 0.0969. The molecule has 17 heavy (non-hydrogen) atoms. The summed E-state index contributed by atoms with van der Waals surface area (Å²) in [5.74, 6) is 0. The SMILES string of the molecule is C[Si]12OC3CCCCCCCCCC(O1)C3O2. The Balaban J connectivity index is 1.64. The normalized spacial score (nSPS) is 47.5. The van der Waals surface area contributed by atoms with E-state index in [2.05, 4.69) is 6.55 Å². The molecule has 98 valence electrons. The first-order valence-electron chi connectivity index (χ1n) is 7.30. The van der Waals surface area contributed by atoms with Crippen LogP contribution in [-0.4, -0.2) is 27.1 Å². The van der Waals surface area contributed by atoms with E-state index in [1.165, 1.54) is 57.8 Å². The molecule has 0 aromatic carbocycles. The molecule has 0 spiro atoms. The molecule has 1 aliphatic carbocycles. The van der Waals surface area contributed by atoms with Crippen LogP contribution in [0, 0.1) is 0 Å². The van der Waals surface area contributed by atoms with Crippen molar-refractivity contribution in [3.8, 4) is 0 Å². The van der Waals surface area contributed by atoms with Crippen LogP contribution in [0.25, 0.3) is 0 Å². The Labute approximate surface area is 105 Å². The van der Waals surface area contributed by atoms with Gasteiger partial charge in [-0.3, -0.25) is 0 Å². The summed E-state index contributed by atoms with van der Waals surface area (Å²) < 4.78 is 18.1. The third kappa shape index (κ3) is 2.60. The molecule has 0 N–H and O–H groups in total. The van der Waals surface area contributed by atoms with E-state index in [0.717, 1.165) is 0 Å². The highest BCUT2D eigenvalue weighted by Crippen LogP contribution is 2.41. The highest BCUT2D eigenvalue weighted by molar-refractivity contribution is 6.60. The van der Waals surface area contributed by atoms with Crippen molar-refractivity contribution >= 4 is 8.80 Å². The van der Waals surface area contributed by atoms with Gasteiger partial charge < -0.3 is 13.3 Å². The van der Waals surface area contributed by atoms with Crippen LogP contribution in [0.1, 0.15) is 57.8 Å². The molecule has 3 aliphatic rings. The van der Waals surface area contributed by atoms with E-state index < -0.39 is 8.80 Å². The van der Waals surface area contributed by atoms with E-state index in [9.17, 15) is 0 Å². The van der Waals surface area contributed by atoms with Crippen molar-refractivity contribution in [2.24, 2.45) is 0 Å². The van der Waals surface area contributed by atoms with Crippen LogP contribution in [0.15, 0.2) is 0 Å². The standard InChI is InChI=1S/C13H24O3Si/c1-17-14-11-9-7-5-3-2-4-6-8-10-12(15-17)13(11)16-17/h11-13H,2-10H2,1H3. The topological polar surface area (TPSA) is 27.7 Å². The van der Waals surface area contributed by atoms with Gasteiger partial charge in [0.1, 0.15) is 0 Å². The number of rotatable bonds is 0. The summed E-state index contributed by atoms with van der Waals surface area (Å²) in [6.45, 7) is 2.06. The first kappa shape index (κ1) is 12.1. The largest absolute Gasteiger partial charge is 0.498 e. The summed E-state index contributed by atoms with van der Waals surface area (Å²) >= 11 is 0. The van der Waals surface area contributed by atoms with Crippen molar-refractivity contribution in [3.63, 3.8) is 0 Å². The summed E-state index contributed by atoms with van der Waals surface area (Å²) in [4.78, 5) is 0. The first-order chi connectivity index (χ1) is 8.27. The molecule has 0 radical (unpaired) electrons. The van der Waals surface area contributed by atoms with Crippen molar-refractivity contribution in [2.45, 2.75) is 82.6 Å². The van der Waals surface area contributed by atoms with Crippen molar-refractivity contribution in [1.82, 2.24) is 0 Å². The van der Waals surface area contributed by atoms with Crippen LogP contribution in [0.4, 0.5) is 0 Å². The zero-order valence-electron chi connectivity index (χ0n) is 10.8. The molecule has 0 aromatic rings. The first-order valence-corrected chi connectivity index (χ1v) is 9.53. The lowest BCUT2D eigenvalue weighted by molar-refractivity contribution is 0.0137. The van der Waals surface area contributed by atoms with Gasteiger partial charge in [-0.2, -0.15) is 0 Å². The van der Waals surface area contributed by atoms with Crippen LogP contribution < -0.4 is 0 Å². The second kappa shape index (κ2) is 5.00. The van der Waals surface area contributed by atoms with E-state index in [-0.39, 0.29) is 6.10 Å². The quantitative estimate of drug-likeness (QED) is 0.623. The number of hydrogen-bond donors (Lipinski definition) is 0. The van der Waals surface area contributed by atoms with Crippen molar-refractivity contribution < 1.29 is 13.3 Å². The zero-order chi connectivity index (χ0) is 11.7. The summed E-state index contributed by atoms with van der Waals surface area (Å²) in [5.41, 5.74) is 0. The maximum absolute atomic E-state index is 6.03. The highest BCUT2D eigenvalue weighted by atomic mass is 28.4. The predicted molar refractivity (Wildman–Crippen MR) is 67.8 cm³/mol. The van der Waals surface area contributed by atoms with Crippen LogP contribution in [-0.2, 0) is 13.3 Å². The van der Waals surface area contributed by atoms with Gasteiger partial charge in [0.2, 0.25) is 0 Å². The Kier molecular flexibility index (Phi) is 3.57. The van der Waals surface area contributed by atoms with Crippen LogP contribution in [0.3, 0.4) is 0 Å². The second-order valence-electron chi connectivity index (χ2n) is 5.81. The smallest absolute Gasteiger partial charge is 0.368 e. The monoisotopic (exact) mass is 256 g/mol. The highest BCUT2D eigenvalue weighted by Gasteiger charge is 2.59. The Morgan fingerprint density at radius 1 is 0.706 bits per heavy atom. The lowest BCUT2D eigenvalue weighted by Gasteiger charge is -2.29. The Morgan fingerprint density at radius 3 is 1.65 bits per heavy atom. The van der Waals surface area contributed by atoms with E-state index in [0.29, 0.717) is 12.2 Å². The van der Waals surface area contributed by atoms with E-state index >= 15 is 0 Å². The van der Waals surface area contributed by atoms with E-state index in [1.807, 2.05) is 0 Å². The molecule has 0 aromatic heterocycles. The van der Waals surface area contributed by atoms with Crippen LogP contribution in [0.5, 0.6) is 0 Å². The van der Waals surface area contributed by atoms with Gasteiger partial charge in [-0.05, 0) is 12.8 Å². The van der Waals surface area contributed by atoms with E-state index in [1.54, 1.807) is 0 Å². The molecule has 3 nitrogen and oxygen atoms in total. The fraction of sp³-hybridized carbons (Fsp3) is 1.00. The van der Waals surface area contributed by atoms with Crippen molar-refractivity contribution in [2.75, 3.05) is 0 Å². The number of fused-ring (bicyclic) bond motifs is 1. The lowest BCUT2D eigenvalue weighted by Crippen LogP contribution is -2.44. The minimum Gasteiger partial charge on any atom is -0.368 e. The average Bonchev–Trinajstić information content (AvgIpc) is 2.77. The fourth-order valence-corrected chi connectivity index (χ4v) is 6.00. The maximum Gasteiger partial charge on any atom is 0.498 e. The molecular formula is C13H24O3Si. The van der Waals surface area contributed by atoms with Gasteiger partial charge in [-0.25, -0.2) is 0 Å². The molecule has 3 rings (SSSR count). The predicted octanol–water partition coefficient (Wildman–Crippen LogP) is 3.26. The molecule has 2 aliphatic heterocycles. The van der Waals surface area contributed by atoms with E-state index in [4.69, 9.17) is 13.3 Å². The van der Waals surface area contributed by atoms with Crippen molar-refractivity contribution in [1.29, 1.82) is 0 Å². The summed E-state index contributed by atoms with van der Waals surface area (Å²) in [6, 6.07) is 0. The molecule has 3 fully saturated rings. The van der Waals surface area contributed by atoms with Gasteiger partial charge in [0.05, 0.1) is 18.3 Å². The van der Waals surface area contributed by atoms with Gasteiger partial charge in [-0.1, -0.05) is 44.9 Å². The van der Waals surface area contributed by atoms with Crippen LogP contribution in [0.2, 0.25) is 6.55 Å². The third-order valence-electron chi connectivity index (χ3n) is 4.29. The molecule has 1 saturated carbocycles. The summed E-state index contributed by atoms with van der Waals surface area (Å²) in [5, 5.41) is 0. The minimum atomic E-state index is -2.20. The molecule has 0 amide bonds. The van der Waals surface area contributed by atoms with Gasteiger partial charge >= 0.3 is 8.80 Å². The summed E-state index contributed by atoms with van der Waals surface area (Å²) in [7, 11) is -2.20. The molecule has 2 atom stereocenters. The molecule has 4 heteroatoms. The van der Waals surface area contributed by atoms with Gasteiger partial charge in [-0.15, -0.1) is 0 Å². The third-order valence-corrected chi connectivity index (χ3v) is 6.45. The maximum atomic E-state index is 6.03. The molecule has 2 saturated heterocycles. The molecule has 2 unspecified atom stereocenters. The lowest BCUT2D eigenvalue weighted by atomic mass is 9.96. The molecule has 2 heterocycles. The Bertz CT molecular complexity index is 246. The minimum absolute atomic E-state index is 0.256. The summed E-state index contributed by atoms with van der Waals surface area (Å²) in [6.07, 6.45) is 12.8. The van der Waals surface area contributed by atoms with Crippen molar-refractivity contribution in [3.05, 3.63) is 0 Å². The second-order valence-corrected chi connectivity index (χ2v) is 8.24. The fourth-order valence-electron chi connectivity index (χ4n) is 3.43. The van der Waals surface area contributed by atoms with Gasteiger partial charge in [0.15, 0.2) is 0 Å². The van der Waals surface area contributed by atoms with Crippen LogP contribution >= 0.6 is 0 Å². The zero-order valence-corrected chi connectivity index (χ0v) is 11.8. The molecular weight excluding hydrogens is 232 g/mol. The molecule has 2 bridgehead atoms. The van der Waals surface area contributed by atoms with Gasteiger partial charge in [0, 0.05) is 6.55 Å². The number of hydrogen-bond acceptors (Lipinski definition) is 3. The average molecular weight is 256 g/mol. The Morgan fingerprint density at radius 2 is 1.18 bits per heavy atom.